The Morgan fingerprint density at radius 1 is 1.28 bits per heavy atom. The van der Waals surface area contributed by atoms with Crippen molar-refractivity contribution in [3.05, 3.63) is 34.6 Å². The molecule has 1 aromatic carbocycles. The molecule has 0 aliphatic heterocycles. The quantitative estimate of drug-likeness (QED) is 0.912. The molecule has 0 unspecified atom stereocenters. The number of nitrogens with two attached hydrogens (primary N) is 1. The van der Waals surface area contributed by atoms with E-state index in [0.717, 1.165) is 19.4 Å². The van der Waals surface area contributed by atoms with Gasteiger partial charge in [0.25, 0.3) is 0 Å². The number of aryl methyl sites for hydroxylation is 1. The Morgan fingerprint density at radius 3 is 2.56 bits per heavy atom. The van der Waals surface area contributed by atoms with Crippen LogP contribution in [0.5, 0.6) is 0 Å². The van der Waals surface area contributed by atoms with Crippen LogP contribution in [0.3, 0.4) is 0 Å². The van der Waals surface area contributed by atoms with E-state index in [9.17, 15) is 0 Å². The van der Waals surface area contributed by atoms with Gasteiger partial charge in [0.05, 0.1) is 16.4 Å². The number of aromatic nitrogens is 2. The molecule has 0 aliphatic carbocycles. The van der Waals surface area contributed by atoms with E-state index >= 15 is 0 Å². The first-order chi connectivity index (χ1) is 8.65. The summed E-state index contributed by atoms with van der Waals surface area (Å²) < 4.78 is 1.93. The van der Waals surface area contributed by atoms with E-state index in [1.165, 1.54) is 0 Å². The minimum Gasteiger partial charge on any atom is -0.383 e. The van der Waals surface area contributed by atoms with Crippen LogP contribution in [0.2, 0.25) is 10.0 Å². The first kappa shape index (κ1) is 13.2. The molecule has 1 aromatic heterocycles. The smallest absolute Gasteiger partial charge is 0.131 e. The molecular weight excluding hydrogens is 269 g/mol. The molecule has 2 rings (SSSR count). The lowest BCUT2D eigenvalue weighted by molar-refractivity contribution is 0.637. The number of imidazole rings is 1. The summed E-state index contributed by atoms with van der Waals surface area (Å²) in [6.07, 6.45) is 3.91. The molecule has 0 saturated carbocycles. The van der Waals surface area contributed by atoms with Crippen LogP contribution in [0.25, 0.3) is 11.3 Å². The summed E-state index contributed by atoms with van der Waals surface area (Å²) in [5.41, 5.74) is 7.45. The van der Waals surface area contributed by atoms with Crippen LogP contribution < -0.4 is 5.73 Å². The topological polar surface area (TPSA) is 43.8 Å². The van der Waals surface area contributed by atoms with Crippen LogP contribution in [0, 0.1) is 0 Å². The van der Waals surface area contributed by atoms with Gasteiger partial charge in [-0.05, 0) is 18.6 Å². The fourth-order valence-electron chi connectivity index (χ4n) is 1.82. The zero-order valence-corrected chi connectivity index (χ0v) is 11.7. The average Bonchev–Trinajstić information content (AvgIpc) is 2.69. The lowest BCUT2D eigenvalue weighted by Crippen LogP contribution is -2.02. The highest BCUT2D eigenvalue weighted by Crippen LogP contribution is 2.36. The SMILES string of the molecule is CCCCn1cnc(-c2c(Cl)cccc2Cl)c1N. The first-order valence-electron chi connectivity index (χ1n) is 5.90. The second-order valence-electron chi connectivity index (χ2n) is 4.12. The summed E-state index contributed by atoms with van der Waals surface area (Å²) in [7, 11) is 0. The van der Waals surface area contributed by atoms with E-state index in [4.69, 9.17) is 28.9 Å². The molecule has 2 N–H and O–H groups in total. The van der Waals surface area contributed by atoms with E-state index in [1.54, 1.807) is 24.5 Å². The summed E-state index contributed by atoms with van der Waals surface area (Å²) in [4.78, 5) is 4.33. The number of unbranched alkanes of at least 4 members (excludes halogenated alkanes) is 1. The van der Waals surface area contributed by atoms with E-state index in [-0.39, 0.29) is 0 Å². The molecule has 0 radical (unpaired) electrons. The van der Waals surface area contributed by atoms with Gasteiger partial charge in [-0.3, -0.25) is 0 Å². The van der Waals surface area contributed by atoms with Crippen molar-refractivity contribution in [3.63, 3.8) is 0 Å². The van der Waals surface area contributed by atoms with Crippen LogP contribution in [0.4, 0.5) is 5.82 Å². The van der Waals surface area contributed by atoms with Gasteiger partial charge < -0.3 is 10.3 Å². The van der Waals surface area contributed by atoms with E-state index in [2.05, 4.69) is 11.9 Å². The average molecular weight is 284 g/mol. The summed E-state index contributed by atoms with van der Waals surface area (Å²) in [5, 5.41) is 1.13. The summed E-state index contributed by atoms with van der Waals surface area (Å²) in [6, 6.07) is 5.37. The van der Waals surface area contributed by atoms with E-state index in [1.807, 2.05) is 4.57 Å². The number of benzene rings is 1. The minimum atomic E-state index is 0.565. The number of halogens is 2. The van der Waals surface area contributed by atoms with Crippen LogP contribution in [0.1, 0.15) is 19.8 Å². The molecule has 0 fully saturated rings. The molecule has 5 heteroatoms. The first-order valence-corrected chi connectivity index (χ1v) is 6.65. The molecule has 0 saturated heterocycles. The monoisotopic (exact) mass is 283 g/mol. The van der Waals surface area contributed by atoms with Gasteiger partial charge in [0.2, 0.25) is 0 Å². The van der Waals surface area contributed by atoms with Gasteiger partial charge in [-0.15, -0.1) is 0 Å². The fraction of sp³-hybridized carbons (Fsp3) is 0.308. The van der Waals surface area contributed by atoms with Gasteiger partial charge in [0.15, 0.2) is 0 Å². The standard InChI is InChI=1S/C13H15Cl2N3/c1-2-3-7-18-8-17-12(13(18)16)11-9(14)5-4-6-10(11)15/h4-6,8H,2-3,7,16H2,1H3. The Morgan fingerprint density at radius 2 is 1.94 bits per heavy atom. The van der Waals surface area contributed by atoms with Crippen molar-refractivity contribution in [2.75, 3.05) is 5.73 Å². The number of anilines is 1. The lowest BCUT2D eigenvalue weighted by Gasteiger charge is -2.07. The Balaban J connectivity index is 2.43. The van der Waals surface area contributed by atoms with Crippen molar-refractivity contribution in [3.8, 4) is 11.3 Å². The van der Waals surface area contributed by atoms with E-state index in [0.29, 0.717) is 27.1 Å². The summed E-state index contributed by atoms with van der Waals surface area (Å²) in [6.45, 7) is 3.00. The second kappa shape index (κ2) is 5.63. The predicted octanol–water partition coefficient (Wildman–Crippen LogP) is 4.24. The van der Waals surface area contributed by atoms with Crippen molar-refractivity contribution < 1.29 is 0 Å². The third kappa shape index (κ3) is 2.47. The number of nitrogen functional groups attached to an aromatic ring is 1. The largest absolute Gasteiger partial charge is 0.383 e. The van der Waals surface area contributed by atoms with Gasteiger partial charge in [0.1, 0.15) is 11.5 Å². The number of nitrogens with zero attached hydrogens (tertiary/aromatic N) is 2. The minimum absolute atomic E-state index is 0.565. The maximum absolute atomic E-state index is 6.16. The summed E-state index contributed by atoms with van der Waals surface area (Å²) >= 11 is 12.3. The van der Waals surface area contributed by atoms with Gasteiger partial charge in [-0.25, -0.2) is 4.98 Å². The Bertz CT molecular complexity index is 529. The Kier molecular flexibility index (Phi) is 4.15. The van der Waals surface area contributed by atoms with Crippen molar-refractivity contribution in [1.82, 2.24) is 9.55 Å². The molecule has 0 spiro atoms. The third-order valence-electron chi connectivity index (χ3n) is 2.83. The predicted molar refractivity (Wildman–Crippen MR) is 77.0 cm³/mol. The van der Waals surface area contributed by atoms with Crippen LogP contribution in [-0.2, 0) is 6.54 Å². The molecule has 3 nitrogen and oxygen atoms in total. The van der Waals surface area contributed by atoms with Gasteiger partial charge in [-0.1, -0.05) is 42.6 Å². The zero-order valence-electron chi connectivity index (χ0n) is 10.2. The molecule has 1 heterocycles. The van der Waals surface area contributed by atoms with Crippen LogP contribution in [-0.4, -0.2) is 9.55 Å². The van der Waals surface area contributed by atoms with Gasteiger partial charge in [-0.2, -0.15) is 0 Å². The maximum atomic E-state index is 6.16. The third-order valence-corrected chi connectivity index (χ3v) is 3.46. The molecule has 0 amide bonds. The maximum Gasteiger partial charge on any atom is 0.131 e. The van der Waals surface area contributed by atoms with Gasteiger partial charge in [0, 0.05) is 12.1 Å². The van der Waals surface area contributed by atoms with Crippen LogP contribution in [0.15, 0.2) is 24.5 Å². The second-order valence-corrected chi connectivity index (χ2v) is 4.94. The van der Waals surface area contributed by atoms with Crippen molar-refractivity contribution in [2.45, 2.75) is 26.3 Å². The zero-order chi connectivity index (χ0) is 13.1. The molecule has 0 atom stereocenters. The van der Waals surface area contributed by atoms with Crippen molar-refractivity contribution >= 4 is 29.0 Å². The fourth-order valence-corrected chi connectivity index (χ4v) is 2.39. The number of hydrogen-bond donors (Lipinski definition) is 1. The normalized spacial score (nSPS) is 10.8. The van der Waals surface area contributed by atoms with E-state index < -0.39 is 0 Å². The highest BCUT2D eigenvalue weighted by atomic mass is 35.5. The molecule has 96 valence electrons. The highest BCUT2D eigenvalue weighted by molar-refractivity contribution is 6.39. The Labute approximate surface area is 117 Å². The van der Waals surface area contributed by atoms with Crippen molar-refractivity contribution in [2.24, 2.45) is 0 Å². The molecule has 0 aliphatic rings. The summed E-state index contributed by atoms with van der Waals surface area (Å²) in [5.74, 6) is 0.610. The molecular formula is C13H15Cl2N3. The number of rotatable bonds is 4. The number of hydrogen-bond acceptors (Lipinski definition) is 2. The van der Waals surface area contributed by atoms with Crippen LogP contribution >= 0.6 is 23.2 Å². The van der Waals surface area contributed by atoms with Crippen molar-refractivity contribution in [1.29, 1.82) is 0 Å². The Hall–Kier alpha value is -1.19. The highest BCUT2D eigenvalue weighted by Gasteiger charge is 2.15. The van der Waals surface area contributed by atoms with Gasteiger partial charge >= 0.3 is 0 Å². The lowest BCUT2D eigenvalue weighted by atomic mass is 10.1. The molecule has 0 bridgehead atoms. The molecule has 2 aromatic rings. The molecule has 18 heavy (non-hydrogen) atoms.